The van der Waals surface area contributed by atoms with Gasteiger partial charge in [-0.2, -0.15) is 16.7 Å². The zero-order valence-corrected chi connectivity index (χ0v) is 8.81. The van der Waals surface area contributed by atoms with E-state index in [1.165, 1.54) is 5.75 Å². The van der Waals surface area contributed by atoms with Crippen molar-refractivity contribution in [1.29, 1.82) is 0 Å². The molecule has 1 fully saturated rings. The molecule has 1 aliphatic rings. The van der Waals surface area contributed by atoms with Crippen LogP contribution in [0.4, 0.5) is 0 Å². The summed E-state index contributed by atoms with van der Waals surface area (Å²) in [5, 5.41) is 3.94. The first-order chi connectivity index (χ1) is 6.27. The van der Waals surface area contributed by atoms with Gasteiger partial charge in [-0.25, -0.2) is 0 Å². The van der Waals surface area contributed by atoms with Gasteiger partial charge in [-0.1, -0.05) is 5.16 Å². The standard InChI is InChI=1S/C7H10ClN3OS/c1-11-2-3-13-4-5(11)6-9-7(8)12-10-6/h5H,2-4H2,1H3. The number of thioether (sulfide) groups is 1. The molecule has 1 aromatic rings. The highest BCUT2D eigenvalue weighted by Gasteiger charge is 2.25. The Hall–Kier alpha value is -0.260. The van der Waals surface area contributed by atoms with Crippen molar-refractivity contribution in [2.75, 3.05) is 25.1 Å². The van der Waals surface area contributed by atoms with Gasteiger partial charge in [-0.3, -0.25) is 4.90 Å². The van der Waals surface area contributed by atoms with E-state index in [4.69, 9.17) is 16.1 Å². The molecule has 0 saturated carbocycles. The zero-order valence-electron chi connectivity index (χ0n) is 7.23. The largest absolute Gasteiger partial charge is 0.321 e. The lowest BCUT2D eigenvalue weighted by atomic mass is 10.3. The average Bonchev–Trinajstić information content (AvgIpc) is 2.53. The van der Waals surface area contributed by atoms with Crippen molar-refractivity contribution in [1.82, 2.24) is 15.0 Å². The number of aromatic nitrogens is 2. The predicted molar refractivity (Wildman–Crippen MR) is 52.0 cm³/mol. The van der Waals surface area contributed by atoms with E-state index in [1.807, 2.05) is 11.8 Å². The van der Waals surface area contributed by atoms with Crippen LogP contribution in [0.2, 0.25) is 5.35 Å². The van der Waals surface area contributed by atoms with E-state index in [0.29, 0.717) is 5.82 Å². The normalized spacial score (nSPS) is 24.9. The SMILES string of the molecule is CN1CCSCC1c1noc(Cl)n1. The zero-order chi connectivity index (χ0) is 9.26. The number of hydrogen-bond donors (Lipinski definition) is 0. The fourth-order valence-electron chi connectivity index (χ4n) is 1.31. The Morgan fingerprint density at radius 2 is 2.54 bits per heavy atom. The second-order valence-electron chi connectivity index (χ2n) is 2.98. The molecule has 2 rings (SSSR count). The minimum absolute atomic E-state index is 0.124. The Balaban J connectivity index is 2.14. The number of halogens is 1. The van der Waals surface area contributed by atoms with E-state index < -0.39 is 0 Å². The summed E-state index contributed by atoms with van der Waals surface area (Å²) in [6.45, 7) is 1.06. The quantitative estimate of drug-likeness (QED) is 0.715. The van der Waals surface area contributed by atoms with E-state index in [1.54, 1.807) is 0 Å². The molecule has 13 heavy (non-hydrogen) atoms. The van der Waals surface area contributed by atoms with Crippen LogP contribution in [-0.4, -0.2) is 40.1 Å². The monoisotopic (exact) mass is 219 g/mol. The maximum absolute atomic E-state index is 5.56. The van der Waals surface area contributed by atoms with Crippen molar-refractivity contribution in [3.63, 3.8) is 0 Å². The highest BCUT2D eigenvalue weighted by molar-refractivity contribution is 7.99. The lowest BCUT2D eigenvalue weighted by molar-refractivity contribution is 0.257. The molecule has 0 N–H and O–H groups in total. The number of rotatable bonds is 1. The third kappa shape index (κ3) is 1.98. The van der Waals surface area contributed by atoms with Crippen molar-refractivity contribution in [3.8, 4) is 0 Å². The lowest BCUT2D eigenvalue weighted by Crippen LogP contribution is -2.33. The van der Waals surface area contributed by atoms with Crippen LogP contribution >= 0.6 is 23.4 Å². The van der Waals surface area contributed by atoms with Crippen LogP contribution in [-0.2, 0) is 0 Å². The Kier molecular flexibility index (Phi) is 2.76. The van der Waals surface area contributed by atoms with E-state index in [0.717, 1.165) is 12.3 Å². The van der Waals surface area contributed by atoms with Crippen molar-refractivity contribution in [2.24, 2.45) is 0 Å². The van der Waals surface area contributed by atoms with Crippen molar-refractivity contribution in [3.05, 3.63) is 11.2 Å². The summed E-state index contributed by atoms with van der Waals surface area (Å²) in [7, 11) is 2.06. The Morgan fingerprint density at radius 1 is 1.69 bits per heavy atom. The Bertz CT molecular complexity index is 293. The topological polar surface area (TPSA) is 42.2 Å². The molecule has 1 atom stereocenters. The minimum Gasteiger partial charge on any atom is -0.321 e. The molecule has 1 saturated heterocycles. The first-order valence-electron chi connectivity index (χ1n) is 4.04. The summed E-state index contributed by atoms with van der Waals surface area (Å²) in [6, 6.07) is 0.245. The summed E-state index contributed by atoms with van der Waals surface area (Å²) in [6.07, 6.45) is 0. The van der Waals surface area contributed by atoms with Gasteiger partial charge >= 0.3 is 5.35 Å². The molecule has 72 valence electrons. The fraction of sp³-hybridized carbons (Fsp3) is 0.714. The second-order valence-corrected chi connectivity index (χ2v) is 4.45. The predicted octanol–water partition coefficient (Wildman–Crippen LogP) is 1.44. The summed E-state index contributed by atoms with van der Waals surface area (Å²) < 4.78 is 4.73. The van der Waals surface area contributed by atoms with Crippen LogP contribution < -0.4 is 0 Å². The van der Waals surface area contributed by atoms with Crippen LogP contribution in [0.1, 0.15) is 11.9 Å². The molecular formula is C7H10ClN3OS. The third-order valence-corrected chi connectivity index (χ3v) is 3.29. The van der Waals surface area contributed by atoms with Gasteiger partial charge in [0.2, 0.25) is 0 Å². The van der Waals surface area contributed by atoms with Crippen molar-refractivity contribution < 1.29 is 4.52 Å². The smallest absolute Gasteiger partial charge is 0.320 e. The van der Waals surface area contributed by atoms with Gasteiger partial charge in [-0.05, 0) is 18.6 Å². The van der Waals surface area contributed by atoms with Crippen LogP contribution in [0.25, 0.3) is 0 Å². The number of nitrogens with zero attached hydrogens (tertiary/aromatic N) is 3. The highest BCUT2D eigenvalue weighted by Crippen LogP contribution is 2.26. The maximum atomic E-state index is 5.56. The summed E-state index contributed by atoms with van der Waals surface area (Å²) in [5.41, 5.74) is 0. The van der Waals surface area contributed by atoms with Crippen LogP contribution in [0.3, 0.4) is 0 Å². The highest BCUT2D eigenvalue weighted by atomic mass is 35.5. The molecule has 0 aliphatic carbocycles. The Labute approximate surface area is 85.6 Å². The van der Waals surface area contributed by atoms with Gasteiger partial charge in [0.15, 0.2) is 5.82 Å². The summed E-state index contributed by atoms with van der Waals surface area (Å²) >= 11 is 7.47. The first kappa shape index (κ1) is 9.30. The molecule has 0 spiro atoms. The molecule has 0 amide bonds. The minimum atomic E-state index is 0.124. The molecule has 6 heteroatoms. The first-order valence-corrected chi connectivity index (χ1v) is 5.58. The van der Waals surface area contributed by atoms with Crippen LogP contribution in [0.15, 0.2) is 4.52 Å². The van der Waals surface area contributed by atoms with Gasteiger partial charge in [-0.15, -0.1) is 0 Å². The Morgan fingerprint density at radius 3 is 3.15 bits per heavy atom. The summed E-state index contributed by atoms with van der Waals surface area (Å²) in [5.74, 6) is 2.87. The van der Waals surface area contributed by atoms with Gasteiger partial charge in [0, 0.05) is 18.1 Å². The van der Waals surface area contributed by atoms with Crippen LogP contribution in [0.5, 0.6) is 0 Å². The average molecular weight is 220 g/mol. The third-order valence-electron chi connectivity index (χ3n) is 2.11. The van der Waals surface area contributed by atoms with Gasteiger partial charge in [0.05, 0.1) is 6.04 Å². The van der Waals surface area contributed by atoms with Crippen molar-refractivity contribution >= 4 is 23.4 Å². The maximum Gasteiger partial charge on any atom is 0.320 e. The molecule has 4 nitrogen and oxygen atoms in total. The number of hydrogen-bond acceptors (Lipinski definition) is 5. The second kappa shape index (κ2) is 3.86. The van der Waals surface area contributed by atoms with Gasteiger partial charge in [0.25, 0.3) is 0 Å². The molecule has 0 radical (unpaired) electrons. The van der Waals surface area contributed by atoms with E-state index in [2.05, 4.69) is 22.1 Å². The van der Waals surface area contributed by atoms with Crippen LogP contribution in [0, 0.1) is 0 Å². The molecule has 0 bridgehead atoms. The molecule has 1 aliphatic heterocycles. The van der Waals surface area contributed by atoms with E-state index in [9.17, 15) is 0 Å². The molecular weight excluding hydrogens is 210 g/mol. The molecule has 2 heterocycles. The molecule has 1 aromatic heterocycles. The van der Waals surface area contributed by atoms with E-state index >= 15 is 0 Å². The van der Waals surface area contributed by atoms with Gasteiger partial charge < -0.3 is 4.52 Å². The van der Waals surface area contributed by atoms with E-state index in [-0.39, 0.29) is 11.4 Å². The molecule has 0 aromatic carbocycles. The van der Waals surface area contributed by atoms with Gasteiger partial charge in [0.1, 0.15) is 0 Å². The lowest BCUT2D eigenvalue weighted by Gasteiger charge is -2.29. The van der Waals surface area contributed by atoms with Crippen molar-refractivity contribution in [2.45, 2.75) is 6.04 Å². The molecule has 1 unspecified atom stereocenters. The summed E-state index contributed by atoms with van der Waals surface area (Å²) in [4.78, 5) is 6.24. The fourth-order valence-corrected chi connectivity index (χ4v) is 2.64.